The number of nitrogens with zero attached hydrogens (tertiary/aromatic N) is 3. The molecule has 0 saturated carbocycles. The Bertz CT molecular complexity index is 170. The zero-order chi connectivity index (χ0) is 11.3. The maximum absolute atomic E-state index is 3.48. The Kier molecular flexibility index (Phi) is 5.53. The normalized spacial score (nSPS) is 24.0. The van der Waals surface area contributed by atoms with Gasteiger partial charge in [-0.05, 0) is 28.2 Å². The lowest BCUT2D eigenvalue weighted by Gasteiger charge is -2.38. The maximum atomic E-state index is 3.48. The molecule has 0 aliphatic carbocycles. The van der Waals surface area contributed by atoms with Crippen LogP contribution in [0.4, 0.5) is 0 Å². The van der Waals surface area contributed by atoms with Gasteiger partial charge in [0.1, 0.15) is 0 Å². The Morgan fingerprint density at radius 3 is 2.53 bits per heavy atom. The molecule has 1 unspecified atom stereocenters. The third-order valence-corrected chi connectivity index (χ3v) is 2.88. The van der Waals surface area contributed by atoms with Crippen molar-refractivity contribution in [3.63, 3.8) is 0 Å². The molecular formula is C11H26N4. The quantitative estimate of drug-likeness (QED) is 0.659. The zero-order valence-electron chi connectivity index (χ0n) is 10.7. The second-order valence-electron chi connectivity index (χ2n) is 4.96. The fourth-order valence-corrected chi connectivity index (χ4v) is 2.03. The number of piperazine rings is 1. The van der Waals surface area contributed by atoms with Gasteiger partial charge in [-0.2, -0.15) is 0 Å². The Morgan fingerprint density at radius 2 is 1.93 bits per heavy atom. The molecule has 15 heavy (non-hydrogen) atoms. The largest absolute Gasteiger partial charge is 0.314 e. The van der Waals surface area contributed by atoms with Crippen molar-refractivity contribution in [1.29, 1.82) is 0 Å². The van der Waals surface area contributed by atoms with E-state index >= 15 is 0 Å². The molecule has 1 aliphatic heterocycles. The molecule has 4 nitrogen and oxygen atoms in total. The van der Waals surface area contributed by atoms with Crippen LogP contribution in [-0.2, 0) is 0 Å². The van der Waals surface area contributed by atoms with E-state index in [9.17, 15) is 0 Å². The summed E-state index contributed by atoms with van der Waals surface area (Å²) in [5.74, 6) is 0. The van der Waals surface area contributed by atoms with Gasteiger partial charge in [0.05, 0.1) is 0 Å². The van der Waals surface area contributed by atoms with E-state index in [-0.39, 0.29) is 0 Å². The van der Waals surface area contributed by atoms with Crippen molar-refractivity contribution in [3.05, 3.63) is 0 Å². The summed E-state index contributed by atoms with van der Waals surface area (Å²) in [6, 6.07) is 0.675. The Hall–Kier alpha value is -0.160. The number of rotatable bonds is 5. The minimum absolute atomic E-state index is 0.675. The van der Waals surface area contributed by atoms with Crippen LogP contribution in [0.2, 0.25) is 0 Å². The first-order chi connectivity index (χ1) is 7.09. The van der Waals surface area contributed by atoms with Crippen LogP contribution in [0.5, 0.6) is 0 Å². The summed E-state index contributed by atoms with van der Waals surface area (Å²) < 4.78 is 0. The molecule has 0 spiro atoms. The SMILES string of the molecule is CN(C)CCN1CCNCC1CN(C)C. The van der Waals surface area contributed by atoms with Gasteiger partial charge >= 0.3 is 0 Å². The van der Waals surface area contributed by atoms with E-state index in [1.807, 2.05) is 0 Å². The molecule has 1 heterocycles. The molecule has 4 heteroatoms. The van der Waals surface area contributed by atoms with Crippen LogP contribution in [0.15, 0.2) is 0 Å². The third kappa shape index (κ3) is 4.93. The smallest absolute Gasteiger partial charge is 0.0348 e. The molecule has 1 rings (SSSR count). The van der Waals surface area contributed by atoms with Gasteiger partial charge in [-0.1, -0.05) is 0 Å². The molecule has 0 amide bonds. The zero-order valence-corrected chi connectivity index (χ0v) is 10.7. The minimum Gasteiger partial charge on any atom is -0.314 e. The molecule has 1 fully saturated rings. The molecular weight excluding hydrogens is 188 g/mol. The summed E-state index contributed by atoms with van der Waals surface area (Å²) in [5.41, 5.74) is 0. The van der Waals surface area contributed by atoms with Crippen molar-refractivity contribution in [1.82, 2.24) is 20.0 Å². The van der Waals surface area contributed by atoms with Gasteiger partial charge in [-0.3, -0.25) is 4.90 Å². The average Bonchev–Trinajstić information content (AvgIpc) is 2.15. The highest BCUT2D eigenvalue weighted by atomic mass is 15.3. The van der Waals surface area contributed by atoms with Gasteiger partial charge in [0.25, 0.3) is 0 Å². The molecule has 1 N–H and O–H groups in total. The maximum Gasteiger partial charge on any atom is 0.0348 e. The predicted octanol–water partition coefficient (Wildman–Crippen LogP) is -0.617. The molecule has 0 bridgehead atoms. The van der Waals surface area contributed by atoms with Crippen LogP contribution in [-0.4, -0.2) is 88.2 Å². The van der Waals surface area contributed by atoms with E-state index in [0.29, 0.717) is 6.04 Å². The van der Waals surface area contributed by atoms with Crippen LogP contribution in [0.3, 0.4) is 0 Å². The monoisotopic (exact) mass is 214 g/mol. The second kappa shape index (κ2) is 6.43. The fraction of sp³-hybridized carbons (Fsp3) is 1.00. The van der Waals surface area contributed by atoms with E-state index in [2.05, 4.69) is 48.2 Å². The first-order valence-electron chi connectivity index (χ1n) is 5.84. The minimum atomic E-state index is 0.675. The molecule has 0 aromatic rings. The van der Waals surface area contributed by atoms with Crippen LogP contribution in [0, 0.1) is 0 Å². The van der Waals surface area contributed by atoms with E-state index < -0.39 is 0 Å². The lowest BCUT2D eigenvalue weighted by Crippen LogP contribution is -2.56. The highest BCUT2D eigenvalue weighted by Gasteiger charge is 2.21. The molecule has 0 aromatic heterocycles. The van der Waals surface area contributed by atoms with Crippen molar-refractivity contribution in [2.24, 2.45) is 0 Å². The van der Waals surface area contributed by atoms with E-state index in [0.717, 1.165) is 26.2 Å². The summed E-state index contributed by atoms with van der Waals surface area (Å²) in [7, 11) is 8.59. The molecule has 0 aromatic carbocycles. The standard InChI is InChI=1S/C11H26N4/c1-13(2)7-8-15-6-5-12-9-11(15)10-14(3)4/h11-12H,5-10H2,1-4H3. The second-order valence-corrected chi connectivity index (χ2v) is 4.96. The fourth-order valence-electron chi connectivity index (χ4n) is 2.03. The van der Waals surface area contributed by atoms with E-state index in [1.54, 1.807) is 0 Å². The highest BCUT2D eigenvalue weighted by molar-refractivity contribution is 4.81. The topological polar surface area (TPSA) is 21.8 Å². The molecule has 90 valence electrons. The molecule has 1 atom stereocenters. The van der Waals surface area contributed by atoms with Gasteiger partial charge in [-0.25, -0.2) is 0 Å². The van der Waals surface area contributed by atoms with Crippen LogP contribution >= 0.6 is 0 Å². The third-order valence-electron chi connectivity index (χ3n) is 2.88. The van der Waals surface area contributed by atoms with E-state index in [4.69, 9.17) is 0 Å². The van der Waals surface area contributed by atoms with Gasteiger partial charge < -0.3 is 15.1 Å². The van der Waals surface area contributed by atoms with Crippen LogP contribution < -0.4 is 5.32 Å². The van der Waals surface area contributed by atoms with Crippen molar-refractivity contribution in [2.75, 3.05) is 67.5 Å². The summed E-state index contributed by atoms with van der Waals surface area (Å²) in [5, 5.41) is 3.48. The number of hydrogen-bond acceptors (Lipinski definition) is 4. The number of hydrogen-bond donors (Lipinski definition) is 1. The van der Waals surface area contributed by atoms with Crippen molar-refractivity contribution < 1.29 is 0 Å². The van der Waals surface area contributed by atoms with Gasteiger partial charge in [0.2, 0.25) is 0 Å². The van der Waals surface area contributed by atoms with Crippen LogP contribution in [0.1, 0.15) is 0 Å². The lowest BCUT2D eigenvalue weighted by atomic mass is 10.2. The Morgan fingerprint density at radius 1 is 1.20 bits per heavy atom. The van der Waals surface area contributed by atoms with Crippen molar-refractivity contribution in [3.8, 4) is 0 Å². The summed E-state index contributed by atoms with van der Waals surface area (Å²) in [6.45, 7) is 6.95. The Balaban J connectivity index is 2.35. The molecule has 0 radical (unpaired) electrons. The first kappa shape index (κ1) is 12.9. The molecule has 1 saturated heterocycles. The van der Waals surface area contributed by atoms with E-state index in [1.165, 1.54) is 13.1 Å². The van der Waals surface area contributed by atoms with Gasteiger partial charge in [0.15, 0.2) is 0 Å². The average molecular weight is 214 g/mol. The lowest BCUT2D eigenvalue weighted by molar-refractivity contribution is 0.124. The first-order valence-corrected chi connectivity index (χ1v) is 5.84. The molecule has 1 aliphatic rings. The van der Waals surface area contributed by atoms with Crippen molar-refractivity contribution >= 4 is 0 Å². The predicted molar refractivity (Wildman–Crippen MR) is 65.3 cm³/mol. The van der Waals surface area contributed by atoms with Gasteiger partial charge in [0, 0.05) is 45.3 Å². The summed E-state index contributed by atoms with van der Waals surface area (Å²) in [6.07, 6.45) is 0. The van der Waals surface area contributed by atoms with Gasteiger partial charge in [-0.15, -0.1) is 0 Å². The Labute approximate surface area is 94.2 Å². The number of nitrogens with one attached hydrogen (secondary N) is 1. The summed E-state index contributed by atoms with van der Waals surface area (Å²) in [4.78, 5) is 7.14. The number of likely N-dealkylation sites (N-methyl/N-ethyl adjacent to an activating group) is 2. The summed E-state index contributed by atoms with van der Waals surface area (Å²) >= 11 is 0. The highest BCUT2D eigenvalue weighted by Crippen LogP contribution is 2.03. The van der Waals surface area contributed by atoms with Crippen molar-refractivity contribution in [2.45, 2.75) is 6.04 Å². The van der Waals surface area contributed by atoms with Crippen LogP contribution in [0.25, 0.3) is 0 Å².